The Balaban J connectivity index is 1.76. The summed E-state index contributed by atoms with van der Waals surface area (Å²) in [7, 11) is 3.19. The number of rotatable bonds is 7. The molecule has 1 aromatic heterocycles. The van der Waals surface area contributed by atoms with Gasteiger partial charge in [-0.15, -0.1) is 11.3 Å². The Labute approximate surface area is 160 Å². The average molecular weight is 386 g/mol. The van der Waals surface area contributed by atoms with Crippen LogP contribution in [0.3, 0.4) is 0 Å². The van der Waals surface area contributed by atoms with Gasteiger partial charge in [0.1, 0.15) is 17.4 Å². The summed E-state index contributed by atoms with van der Waals surface area (Å²) in [6.45, 7) is 1.95. The zero-order valence-corrected chi connectivity index (χ0v) is 15.9. The van der Waals surface area contributed by atoms with Crippen molar-refractivity contribution < 1.29 is 19.1 Å². The van der Waals surface area contributed by atoms with Gasteiger partial charge in [0.05, 0.1) is 30.4 Å². The number of aryl methyl sites for hydroxylation is 1. The van der Waals surface area contributed by atoms with E-state index in [4.69, 9.17) is 14.2 Å². The van der Waals surface area contributed by atoms with E-state index >= 15 is 0 Å². The van der Waals surface area contributed by atoms with Crippen molar-refractivity contribution in [2.75, 3.05) is 14.2 Å². The second-order valence-corrected chi connectivity index (χ2v) is 6.54. The van der Waals surface area contributed by atoms with Crippen LogP contribution >= 0.6 is 11.3 Å². The molecule has 0 radical (unpaired) electrons. The number of aromatic nitrogens is 1. The number of nitro benzene ring substituents is 1. The summed E-state index contributed by atoms with van der Waals surface area (Å²) < 4.78 is 16.5. The maximum atomic E-state index is 10.9. The Morgan fingerprint density at radius 2 is 2.00 bits per heavy atom. The predicted molar refractivity (Wildman–Crippen MR) is 103 cm³/mol. The third-order valence-electron chi connectivity index (χ3n) is 3.94. The molecule has 0 bridgehead atoms. The highest BCUT2D eigenvalue weighted by Gasteiger charge is 2.15. The molecule has 0 atom stereocenters. The monoisotopic (exact) mass is 386 g/mol. The van der Waals surface area contributed by atoms with Crippen LogP contribution in [0.2, 0.25) is 0 Å². The van der Waals surface area contributed by atoms with Crippen molar-refractivity contribution in [2.45, 2.75) is 13.5 Å². The molecule has 0 N–H and O–H groups in total. The summed E-state index contributed by atoms with van der Waals surface area (Å²) >= 11 is 1.48. The van der Waals surface area contributed by atoms with Crippen LogP contribution in [0.1, 0.15) is 11.3 Å². The zero-order valence-electron chi connectivity index (χ0n) is 15.1. The predicted octanol–water partition coefficient (Wildman–Crippen LogP) is 4.62. The zero-order chi connectivity index (χ0) is 19.4. The van der Waals surface area contributed by atoms with Crippen LogP contribution in [0.15, 0.2) is 41.8 Å². The van der Waals surface area contributed by atoms with E-state index in [1.165, 1.54) is 17.4 Å². The van der Waals surface area contributed by atoms with Gasteiger partial charge in [0, 0.05) is 17.0 Å². The fourth-order valence-electron chi connectivity index (χ4n) is 2.63. The number of benzene rings is 2. The molecule has 7 nitrogen and oxygen atoms in total. The first-order valence-electron chi connectivity index (χ1n) is 8.07. The molecule has 0 fully saturated rings. The van der Waals surface area contributed by atoms with Crippen molar-refractivity contribution in [2.24, 2.45) is 0 Å². The fourth-order valence-corrected chi connectivity index (χ4v) is 3.46. The summed E-state index contributed by atoms with van der Waals surface area (Å²) in [5, 5.41) is 13.6. The minimum atomic E-state index is -0.409. The quantitative estimate of drug-likeness (QED) is 0.435. The van der Waals surface area contributed by atoms with Crippen LogP contribution in [0.25, 0.3) is 10.6 Å². The maximum Gasteiger partial charge on any atom is 0.272 e. The molecule has 0 aliphatic rings. The number of para-hydroxylation sites is 1. The number of hydrogen-bond acceptors (Lipinski definition) is 7. The minimum absolute atomic E-state index is 0.0726. The fraction of sp³-hybridized carbons (Fsp3) is 0.211. The lowest BCUT2D eigenvalue weighted by molar-refractivity contribution is -0.385. The highest BCUT2D eigenvalue weighted by atomic mass is 32.1. The molecule has 0 amide bonds. The van der Waals surface area contributed by atoms with E-state index in [9.17, 15) is 10.1 Å². The van der Waals surface area contributed by atoms with Crippen molar-refractivity contribution in [3.63, 3.8) is 0 Å². The van der Waals surface area contributed by atoms with Crippen molar-refractivity contribution in [1.29, 1.82) is 0 Å². The highest BCUT2D eigenvalue weighted by Crippen LogP contribution is 2.39. The molecule has 0 spiro atoms. The molecule has 0 saturated heterocycles. The molecule has 3 rings (SSSR count). The Bertz CT molecular complexity index is 970. The molecule has 0 aliphatic heterocycles. The first-order valence-corrected chi connectivity index (χ1v) is 8.95. The number of hydrogen-bond donors (Lipinski definition) is 0. The van der Waals surface area contributed by atoms with Gasteiger partial charge in [-0.3, -0.25) is 10.1 Å². The second kappa shape index (κ2) is 8.05. The summed E-state index contributed by atoms with van der Waals surface area (Å²) in [5.74, 6) is 1.84. The Hall–Kier alpha value is -3.13. The molecule has 0 unspecified atom stereocenters. The van der Waals surface area contributed by atoms with E-state index in [1.54, 1.807) is 33.3 Å². The maximum absolute atomic E-state index is 10.9. The van der Waals surface area contributed by atoms with E-state index < -0.39 is 4.92 Å². The van der Waals surface area contributed by atoms with E-state index in [1.807, 2.05) is 23.6 Å². The van der Waals surface area contributed by atoms with Gasteiger partial charge in [-0.1, -0.05) is 6.07 Å². The van der Waals surface area contributed by atoms with Crippen molar-refractivity contribution in [1.82, 2.24) is 4.98 Å². The molecule has 8 heteroatoms. The van der Waals surface area contributed by atoms with Gasteiger partial charge in [-0.25, -0.2) is 4.98 Å². The van der Waals surface area contributed by atoms with E-state index in [2.05, 4.69) is 4.98 Å². The van der Waals surface area contributed by atoms with Gasteiger partial charge >= 0.3 is 0 Å². The molecule has 140 valence electrons. The number of ether oxygens (including phenoxy) is 3. The van der Waals surface area contributed by atoms with Crippen LogP contribution in [0, 0.1) is 17.0 Å². The molecular formula is C19H18N2O5S. The van der Waals surface area contributed by atoms with Gasteiger partial charge in [0.25, 0.3) is 5.69 Å². The molecular weight excluding hydrogens is 368 g/mol. The van der Waals surface area contributed by atoms with Crippen LogP contribution < -0.4 is 14.2 Å². The molecule has 1 heterocycles. The molecule has 2 aromatic carbocycles. The van der Waals surface area contributed by atoms with Crippen LogP contribution in [-0.4, -0.2) is 24.1 Å². The second-order valence-electron chi connectivity index (χ2n) is 5.68. The lowest BCUT2D eigenvalue weighted by Crippen LogP contribution is -1.98. The van der Waals surface area contributed by atoms with Crippen molar-refractivity contribution in [3.8, 4) is 27.8 Å². The summed E-state index contributed by atoms with van der Waals surface area (Å²) in [4.78, 5) is 15.1. The van der Waals surface area contributed by atoms with Crippen molar-refractivity contribution >= 4 is 17.0 Å². The third kappa shape index (κ3) is 4.01. The van der Waals surface area contributed by atoms with Gasteiger partial charge in [-0.05, 0) is 31.2 Å². The number of thiazole rings is 1. The number of nitro groups is 1. The summed E-state index contributed by atoms with van der Waals surface area (Å²) in [6, 6.07) is 10.3. The Morgan fingerprint density at radius 3 is 2.67 bits per heavy atom. The normalized spacial score (nSPS) is 10.5. The van der Waals surface area contributed by atoms with Gasteiger partial charge in [-0.2, -0.15) is 0 Å². The van der Waals surface area contributed by atoms with Crippen LogP contribution in [-0.2, 0) is 6.61 Å². The summed E-state index contributed by atoms with van der Waals surface area (Å²) in [5.41, 5.74) is 2.23. The Kier molecular flexibility index (Phi) is 5.56. The lowest BCUT2D eigenvalue weighted by Gasteiger charge is -2.10. The van der Waals surface area contributed by atoms with E-state index in [-0.39, 0.29) is 12.3 Å². The van der Waals surface area contributed by atoms with E-state index in [0.717, 1.165) is 16.3 Å². The highest BCUT2D eigenvalue weighted by molar-refractivity contribution is 7.13. The first-order chi connectivity index (χ1) is 13.0. The number of nitrogens with zero attached hydrogens (tertiary/aromatic N) is 2. The summed E-state index contributed by atoms with van der Waals surface area (Å²) in [6.07, 6.45) is 0. The smallest absolute Gasteiger partial charge is 0.272 e. The third-order valence-corrected chi connectivity index (χ3v) is 4.86. The molecule has 0 saturated carbocycles. The van der Waals surface area contributed by atoms with Crippen molar-refractivity contribution in [3.05, 3.63) is 63.1 Å². The van der Waals surface area contributed by atoms with Gasteiger partial charge in [0.2, 0.25) is 0 Å². The molecule has 0 aliphatic carbocycles. The van der Waals surface area contributed by atoms with E-state index in [0.29, 0.717) is 22.8 Å². The first kappa shape index (κ1) is 18.7. The lowest BCUT2D eigenvalue weighted by atomic mass is 10.2. The van der Waals surface area contributed by atoms with Crippen LogP contribution in [0.4, 0.5) is 5.69 Å². The van der Waals surface area contributed by atoms with Gasteiger partial charge in [0.15, 0.2) is 11.5 Å². The molecule has 27 heavy (non-hydrogen) atoms. The number of methoxy groups -OCH3 is 2. The van der Waals surface area contributed by atoms with Crippen LogP contribution in [0.5, 0.6) is 17.2 Å². The molecule has 3 aromatic rings. The SMILES string of the molecule is COc1cccc(-c2nc(COc3ccc([N+](=O)[O-])c(C)c3)cs2)c1OC. The average Bonchev–Trinajstić information content (AvgIpc) is 3.14. The topological polar surface area (TPSA) is 83.7 Å². The minimum Gasteiger partial charge on any atom is -0.493 e. The largest absolute Gasteiger partial charge is 0.493 e. The standard InChI is InChI=1S/C19H18N2O5S/c1-12-9-14(7-8-16(12)21(22)23)26-10-13-11-27-19(20-13)15-5-4-6-17(24-2)18(15)25-3/h4-9,11H,10H2,1-3H3. The van der Waals surface area contributed by atoms with Gasteiger partial charge < -0.3 is 14.2 Å². The Morgan fingerprint density at radius 1 is 1.19 bits per heavy atom.